The quantitative estimate of drug-likeness (QED) is 0.593. The lowest BCUT2D eigenvalue weighted by molar-refractivity contribution is 0.164. The number of nitrogens with two attached hydrogens (primary N) is 2. The van der Waals surface area contributed by atoms with E-state index in [9.17, 15) is 5.11 Å². The molecule has 0 amide bonds. The first kappa shape index (κ1) is 10.0. The Labute approximate surface area is 78.4 Å². The molecule has 1 rings (SSSR count). The third-order valence-corrected chi connectivity index (χ3v) is 2.21. The van der Waals surface area contributed by atoms with Crippen LogP contribution in [0.4, 0.5) is 5.69 Å². The van der Waals surface area contributed by atoms with Gasteiger partial charge in [0.25, 0.3) is 0 Å². The van der Waals surface area contributed by atoms with Crippen molar-refractivity contribution in [3.63, 3.8) is 0 Å². The smallest absolute Gasteiger partial charge is 0.0704 e. The van der Waals surface area contributed by atoms with E-state index >= 15 is 0 Å². The second kappa shape index (κ2) is 3.77. The topological polar surface area (TPSA) is 72.3 Å². The number of aliphatic hydroxyl groups excluding tert-OH is 1. The van der Waals surface area contributed by atoms with Gasteiger partial charge in [-0.3, -0.25) is 0 Å². The van der Waals surface area contributed by atoms with Gasteiger partial charge in [-0.1, -0.05) is 12.1 Å². The molecule has 2 atom stereocenters. The third-order valence-electron chi connectivity index (χ3n) is 2.21. The summed E-state index contributed by atoms with van der Waals surface area (Å²) in [5, 5.41) is 9.27. The molecule has 1 aromatic carbocycles. The number of aryl methyl sites for hydroxylation is 1. The molecule has 0 spiro atoms. The summed E-state index contributed by atoms with van der Waals surface area (Å²) in [5.74, 6) is 0. The summed E-state index contributed by atoms with van der Waals surface area (Å²) in [6.45, 7) is 3.60. The van der Waals surface area contributed by atoms with Crippen LogP contribution in [0.15, 0.2) is 18.2 Å². The summed E-state index contributed by atoms with van der Waals surface area (Å²) >= 11 is 0. The predicted octanol–water partition coefficient (Wildman–Crippen LogP) is 0.958. The van der Waals surface area contributed by atoms with Crippen molar-refractivity contribution in [2.75, 3.05) is 5.73 Å². The van der Waals surface area contributed by atoms with Gasteiger partial charge in [-0.2, -0.15) is 0 Å². The molecule has 13 heavy (non-hydrogen) atoms. The van der Waals surface area contributed by atoms with Crippen LogP contribution in [0.3, 0.4) is 0 Å². The SMILES string of the molecule is Cc1ccc([C@H](N)[C@H](C)O)cc1N. The molecule has 0 saturated carbocycles. The highest BCUT2D eigenvalue weighted by Gasteiger charge is 2.12. The van der Waals surface area contributed by atoms with Crippen molar-refractivity contribution in [1.29, 1.82) is 0 Å². The molecular weight excluding hydrogens is 164 g/mol. The molecule has 0 fully saturated rings. The van der Waals surface area contributed by atoms with E-state index in [1.54, 1.807) is 6.92 Å². The van der Waals surface area contributed by atoms with Crippen molar-refractivity contribution in [3.8, 4) is 0 Å². The lowest BCUT2D eigenvalue weighted by Crippen LogP contribution is -2.23. The molecule has 0 saturated heterocycles. The highest BCUT2D eigenvalue weighted by atomic mass is 16.3. The van der Waals surface area contributed by atoms with Crippen LogP contribution in [0, 0.1) is 6.92 Å². The van der Waals surface area contributed by atoms with Gasteiger partial charge >= 0.3 is 0 Å². The molecule has 0 heterocycles. The van der Waals surface area contributed by atoms with E-state index in [2.05, 4.69) is 0 Å². The molecule has 3 heteroatoms. The summed E-state index contributed by atoms with van der Waals surface area (Å²) < 4.78 is 0. The minimum Gasteiger partial charge on any atom is -0.399 e. The van der Waals surface area contributed by atoms with Gasteiger partial charge in [0.05, 0.1) is 12.1 Å². The normalized spacial score (nSPS) is 15.4. The van der Waals surface area contributed by atoms with Gasteiger partial charge in [-0.25, -0.2) is 0 Å². The number of hydrogen-bond donors (Lipinski definition) is 3. The molecule has 0 radical (unpaired) electrons. The van der Waals surface area contributed by atoms with Crippen LogP contribution in [-0.2, 0) is 0 Å². The van der Waals surface area contributed by atoms with E-state index < -0.39 is 6.10 Å². The zero-order chi connectivity index (χ0) is 10.0. The Balaban J connectivity index is 2.97. The predicted molar refractivity (Wildman–Crippen MR) is 54.2 cm³/mol. The Hall–Kier alpha value is -1.06. The summed E-state index contributed by atoms with van der Waals surface area (Å²) in [4.78, 5) is 0. The molecular formula is C10H16N2O. The molecule has 0 unspecified atom stereocenters. The van der Waals surface area contributed by atoms with E-state index in [1.807, 2.05) is 25.1 Å². The lowest BCUT2D eigenvalue weighted by atomic mass is 10.0. The molecule has 72 valence electrons. The minimum absolute atomic E-state index is 0.358. The van der Waals surface area contributed by atoms with Crippen molar-refractivity contribution in [2.24, 2.45) is 5.73 Å². The first-order valence-electron chi connectivity index (χ1n) is 4.32. The van der Waals surface area contributed by atoms with Gasteiger partial charge in [-0.15, -0.1) is 0 Å². The van der Waals surface area contributed by atoms with Crippen molar-refractivity contribution in [3.05, 3.63) is 29.3 Å². The van der Waals surface area contributed by atoms with E-state index in [0.29, 0.717) is 5.69 Å². The molecule has 1 aromatic rings. The van der Waals surface area contributed by atoms with Crippen LogP contribution in [0.5, 0.6) is 0 Å². The second-order valence-corrected chi connectivity index (χ2v) is 3.38. The zero-order valence-electron chi connectivity index (χ0n) is 7.99. The highest BCUT2D eigenvalue weighted by molar-refractivity contribution is 5.49. The Morgan fingerprint density at radius 1 is 1.38 bits per heavy atom. The average molecular weight is 180 g/mol. The maximum atomic E-state index is 9.27. The van der Waals surface area contributed by atoms with Crippen molar-refractivity contribution < 1.29 is 5.11 Å². The first-order chi connectivity index (χ1) is 6.02. The van der Waals surface area contributed by atoms with Crippen LogP contribution in [0.25, 0.3) is 0 Å². The second-order valence-electron chi connectivity index (χ2n) is 3.38. The molecule has 0 aliphatic rings. The fourth-order valence-electron chi connectivity index (χ4n) is 1.14. The molecule has 0 aliphatic carbocycles. The van der Waals surface area contributed by atoms with E-state index in [1.165, 1.54) is 0 Å². The Morgan fingerprint density at radius 2 is 2.00 bits per heavy atom. The van der Waals surface area contributed by atoms with E-state index in [4.69, 9.17) is 11.5 Å². The van der Waals surface area contributed by atoms with E-state index in [-0.39, 0.29) is 6.04 Å². The van der Waals surface area contributed by atoms with Crippen molar-refractivity contribution >= 4 is 5.69 Å². The van der Waals surface area contributed by atoms with E-state index in [0.717, 1.165) is 11.1 Å². The number of nitrogen functional groups attached to an aromatic ring is 1. The van der Waals surface area contributed by atoms with Crippen LogP contribution < -0.4 is 11.5 Å². The van der Waals surface area contributed by atoms with Crippen LogP contribution >= 0.6 is 0 Å². The summed E-state index contributed by atoms with van der Waals surface area (Å²) in [6.07, 6.45) is -0.554. The van der Waals surface area contributed by atoms with Crippen LogP contribution in [0.2, 0.25) is 0 Å². The van der Waals surface area contributed by atoms with Gasteiger partial charge in [0, 0.05) is 5.69 Å². The number of hydrogen-bond acceptors (Lipinski definition) is 3. The number of aliphatic hydroxyl groups is 1. The lowest BCUT2D eigenvalue weighted by Gasteiger charge is -2.15. The molecule has 0 aromatic heterocycles. The fraction of sp³-hybridized carbons (Fsp3) is 0.400. The average Bonchev–Trinajstić information content (AvgIpc) is 2.08. The number of anilines is 1. The zero-order valence-corrected chi connectivity index (χ0v) is 7.99. The summed E-state index contributed by atoms with van der Waals surface area (Å²) in [7, 11) is 0. The Kier molecular flexibility index (Phi) is 2.90. The monoisotopic (exact) mass is 180 g/mol. The maximum absolute atomic E-state index is 9.27. The van der Waals surface area contributed by atoms with Crippen molar-refractivity contribution in [2.45, 2.75) is 26.0 Å². The third kappa shape index (κ3) is 2.20. The maximum Gasteiger partial charge on any atom is 0.0704 e. The largest absolute Gasteiger partial charge is 0.399 e. The Morgan fingerprint density at radius 3 is 2.46 bits per heavy atom. The van der Waals surface area contributed by atoms with Gasteiger partial charge in [0.1, 0.15) is 0 Å². The standard InChI is InChI=1S/C10H16N2O/c1-6-3-4-8(5-9(6)11)10(12)7(2)13/h3-5,7,10,13H,11-12H2,1-2H3/t7-,10+/m0/s1. The van der Waals surface area contributed by atoms with Crippen LogP contribution in [-0.4, -0.2) is 11.2 Å². The summed E-state index contributed by atoms with van der Waals surface area (Å²) in [5.41, 5.74) is 14.1. The molecule has 5 N–H and O–H groups in total. The first-order valence-corrected chi connectivity index (χ1v) is 4.32. The van der Waals surface area contributed by atoms with Gasteiger partial charge in [-0.05, 0) is 31.0 Å². The molecule has 0 aliphatic heterocycles. The molecule has 3 nitrogen and oxygen atoms in total. The van der Waals surface area contributed by atoms with Crippen LogP contribution in [0.1, 0.15) is 24.1 Å². The summed E-state index contributed by atoms with van der Waals surface area (Å²) in [6, 6.07) is 5.26. The van der Waals surface area contributed by atoms with Crippen molar-refractivity contribution in [1.82, 2.24) is 0 Å². The minimum atomic E-state index is -0.554. The van der Waals surface area contributed by atoms with Gasteiger partial charge in [0.15, 0.2) is 0 Å². The number of rotatable bonds is 2. The highest BCUT2D eigenvalue weighted by Crippen LogP contribution is 2.19. The van der Waals surface area contributed by atoms with Gasteiger partial charge < -0.3 is 16.6 Å². The number of benzene rings is 1. The molecule has 0 bridgehead atoms. The van der Waals surface area contributed by atoms with Gasteiger partial charge in [0.2, 0.25) is 0 Å². The Bertz CT molecular complexity index is 297. The fourth-order valence-corrected chi connectivity index (χ4v) is 1.14.